The van der Waals surface area contributed by atoms with Crippen molar-refractivity contribution < 1.29 is 4.39 Å². The van der Waals surface area contributed by atoms with Gasteiger partial charge in [0.1, 0.15) is 11.5 Å². The minimum absolute atomic E-state index is 0.271. The predicted molar refractivity (Wildman–Crippen MR) is 126 cm³/mol. The third kappa shape index (κ3) is 4.15. The Morgan fingerprint density at radius 2 is 1.81 bits per heavy atom. The van der Waals surface area contributed by atoms with Crippen molar-refractivity contribution in [3.63, 3.8) is 0 Å². The van der Waals surface area contributed by atoms with E-state index in [1.54, 1.807) is 18.3 Å². The van der Waals surface area contributed by atoms with Crippen LogP contribution in [0.15, 0.2) is 54.9 Å². The van der Waals surface area contributed by atoms with Crippen LogP contribution in [0.1, 0.15) is 39.5 Å². The molecule has 1 fully saturated rings. The Morgan fingerprint density at radius 3 is 2.56 bits per heavy atom. The first-order valence-corrected chi connectivity index (χ1v) is 11.2. The van der Waals surface area contributed by atoms with Crippen molar-refractivity contribution in [3.8, 4) is 22.5 Å². The molecule has 4 aromatic rings. The lowest BCUT2D eigenvalue weighted by Gasteiger charge is -2.12. The number of halogens is 1. The van der Waals surface area contributed by atoms with Gasteiger partial charge in [-0.15, -0.1) is 0 Å². The molecule has 0 saturated heterocycles. The number of nitrogens with one attached hydrogen (secondary N) is 2. The third-order valence-electron chi connectivity index (χ3n) is 5.80. The molecule has 0 bridgehead atoms. The van der Waals surface area contributed by atoms with Gasteiger partial charge < -0.3 is 10.6 Å². The fourth-order valence-corrected chi connectivity index (χ4v) is 4.35. The molecule has 0 unspecified atom stereocenters. The van der Waals surface area contributed by atoms with Gasteiger partial charge in [-0.25, -0.2) is 18.9 Å². The van der Waals surface area contributed by atoms with Gasteiger partial charge in [-0.2, -0.15) is 5.10 Å². The van der Waals surface area contributed by atoms with Crippen LogP contribution >= 0.6 is 0 Å². The van der Waals surface area contributed by atoms with E-state index in [4.69, 9.17) is 10.1 Å². The second kappa shape index (κ2) is 8.57. The minimum Gasteiger partial charge on any atom is -0.382 e. The van der Waals surface area contributed by atoms with Crippen molar-refractivity contribution in [1.29, 1.82) is 0 Å². The van der Waals surface area contributed by atoms with Crippen LogP contribution in [0.5, 0.6) is 0 Å². The number of hydrogen-bond acceptors (Lipinski definition) is 5. The lowest BCUT2D eigenvalue weighted by Crippen LogP contribution is -2.16. The number of nitrogens with zero attached hydrogens (tertiary/aromatic N) is 4. The van der Waals surface area contributed by atoms with Crippen molar-refractivity contribution in [1.82, 2.24) is 19.6 Å². The van der Waals surface area contributed by atoms with Crippen molar-refractivity contribution in [2.24, 2.45) is 0 Å². The standard InChI is InChI=1S/C25H27FN6/c1-16(2)28-20-11-12-22-23(21-13-14-27-25(30-21)29-19-5-3-4-6-19)24(31-32(22)15-20)17-7-9-18(26)10-8-17/h7-16,19,28H,3-6H2,1-2H3,(H,27,29,30). The van der Waals surface area contributed by atoms with Gasteiger partial charge in [0.15, 0.2) is 0 Å². The van der Waals surface area contributed by atoms with E-state index in [1.807, 2.05) is 28.9 Å². The molecule has 0 radical (unpaired) electrons. The van der Waals surface area contributed by atoms with Crippen molar-refractivity contribution >= 4 is 17.2 Å². The van der Waals surface area contributed by atoms with E-state index in [-0.39, 0.29) is 5.82 Å². The number of pyridine rings is 1. The maximum absolute atomic E-state index is 13.6. The second-order valence-electron chi connectivity index (χ2n) is 8.67. The average molecular weight is 431 g/mol. The van der Waals surface area contributed by atoms with E-state index < -0.39 is 0 Å². The summed E-state index contributed by atoms with van der Waals surface area (Å²) in [6.45, 7) is 4.20. The van der Waals surface area contributed by atoms with Gasteiger partial charge >= 0.3 is 0 Å². The molecule has 6 nitrogen and oxygen atoms in total. The summed E-state index contributed by atoms with van der Waals surface area (Å²) in [7, 11) is 0. The number of anilines is 2. The Hall–Kier alpha value is -3.48. The molecule has 3 heterocycles. The van der Waals surface area contributed by atoms with Crippen LogP contribution in [0.4, 0.5) is 16.0 Å². The third-order valence-corrected chi connectivity index (χ3v) is 5.80. The normalized spacial score (nSPS) is 14.4. The second-order valence-corrected chi connectivity index (χ2v) is 8.67. The first-order chi connectivity index (χ1) is 15.6. The summed E-state index contributed by atoms with van der Waals surface area (Å²) in [5.74, 6) is 0.365. The number of rotatable bonds is 6. The molecule has 0 amide bonds. The summed E-state index contributed by atoms with van der Waals surface area (Å²) in [4.78, 5) is 9.28. The quantitative estimate of drug-likeness (QED) is 0.406. The lowest BCUT2D eigenvalue weighted by atomic mass is 10.0. The van der Waals surface area contributed by atoms with Gasteiger partial charge in [-0.1, -0.05) is 12.8 Å². The summed E-state index contributed by atoms with van der Waals surface area (Å²) in [5.41, 5.74) is 5.22. The highest BCUT2D eigenvalue weighted by Gasteiger charge is 2.20. The molecule has 1 aliphatic rings. The van der Waals surface area contributed by atoms with Crippen molar-refractivity contribution in [2.75, 3.05) is 10.6 Å². The van der Waals surface area contributed by atoms with Crippen LogP contribution in [0.25, 0.3) is 28.0 Å². The summed E-state index contributed by atoms with van der Waals surface area (Å²) < 4.78 is 15.5. The van der Waals surface area contributed by atoms with E-state index in [9.17, 15) is 4.39 Å². The van der Waals surface area contributed by atoms with E-state index in [2.05, 4.69) is 29.5 Å². The average Bonchev–Trinajstić information content (AvgIpc) is 3.41. The van der Waals surface area contributed by atoms with Crippen LogP contribution in [0.3, 0.4) is 0 Å². The predicted octanol–water partition coefficient (Wildman–Crippen LogP) is 5.77. The highest BCUT2D eigenvalue weighted by atomic mass is 19.1. The van der Waals surface area contributed by atoms with Gasteiger partial charge in [-0.05, 0) is 69.2 Å². The fraction of sp³-hybridized carbons (Fsp3) is 0.320. The number of hydrogen-bond donors (Lipinski definition) is 2. The zero-order chi connectivity index (χ0) is 22.1. The SMILES string of the molecule is CC(C)Nc1ccc2c(-c3ccnc(NC4CCCC4)n3)c(-c3ccc(F)cc3)nn2c1. The minimum atomic E-state index is -0.271. The van der Waals surface area contributed by atoms with Gasteiger partial charge in [0, 0.05) is 23.8 Å². The molecule has 164 valence electrons. The smallest absolute Gasteiger partial charge is 0.223 e. The Bertz CT molecular complexity index is 1230. The van der Waals surface area contributed by atoms with Gasteiger partial charge in [0.05, 0.1) is 28.7 Å². The lowest BCUT2D eigenvalue weighted by molar-refractivity contribution is 0.628. The monoisotopic (exact) mass is 430 g/mol. The fourth-order valence-electron chi connectivity index (χ4n) is 4.35. The van der Waals surface area contributed by atoms with Crippen molar-refractivity contribution in [3.05, 3.63) is 60.7 Å². The summed E-state index contributed by atoms with van der Waals surface area (Å²) in [6, 6.07) is 13.2. The van der Waals surface area contributed by atoms with Gasteiger partial charge in [-0.3, -0.25) is 0 Å². The Kier molecular flexibility index (Phi) is 5.47. The molecule has 1 saturated carbocycles. The molecule has 0 spiro atoms. The molecule has 0 aliphatic heterocycles. The van der Waals surface area contributed by atoms with Gasteiger partial charge in [0.2, 0.25) is 5.95 Å². The first-order valence-electron chi connectivity index (χ1n) is 11.2. The summed E-state index contributed by atoms with van der Waals surface area (Å²) >= 11 is 0. The molecular formula is C25H27FN6. The Morgan fingerprint density at radius 1 is 1.03 bits per heavy atom. The molecular weight excluding hydrogens is 403 g/mol. The zero-order valence-electron chi connectivity index (χ0n) is 18.3. The van der Waals surface area contributed by atoms with Gasteiger partial charge in [0.25, 0.3) is 0 Å². The van der Waals surface area contributed by atoms with Crippen LogP contribution < -0.4 is 10.6 Å². The number of fused-ring (bicyclic) bond motifs is 1. The van der Waals surface area contributed by atoms with Crippen molar-refractivity contribution in [2.45, 2.75) is 51.6 Å². The van der Waals surface area contributed by atoms with Crippen LogP contribution in [-0.2, 0) is 0 Å². The summed E-state index contributed by atoms with van der Waals surface area (Å²) in [5, 5.41) is 11.8. The van der Waals surface area contributed by atoms with Crippen LogP contribution in [0.2, 0.25) is 0 Å². The molecule has 7 heteroatoms. The molecule has 1 aliphatic carbocycles. The maximum atomic E-state index is 13.6. The highest BCUT2D eigenvalue weighted by molar-refractivity contribution is 5.91. The van der Waals surface area contributed by atoms with E-state index in [1.165, 1.54) is 25.0 Å². The molecule has 2 N–H and O–H groups in total. The number of aromatic nitrogens is 4. The van der Waals surface area contributed by atoms with E-state index >= 15 is 0 Å². The Labute approximate surface area is 186 Å². The first kappa shape index (κ1) is 20.4. The molecule has 1 aromatic carbocycles. The topological polar surface area (TPSA) is 67.1 Å². The maximum Gasteiger partial charge on any atom is 0.223 e. The van der Waals surface area contributed by atoms with Crippen LogP contribution in [-0.4, -0.2) is 31.7 Å². The largest absolute Gasteiger partial charge is 0.382 e. The highest BCUT2D eigenvalue weighted by Crippen LogP contribution is 2.35. The molecule has 5 rings (SSSR count). The molecule has 32 heavy (non-hydrogen) atoms. The Balaban J connectivity index is 1.63. The zero-order valence-corrected chi connectivity index (χ0v) is 18.3. The molecule has 0 atom stereocenters. The summed E-state index contributed by atoms with van der Waals surface area (Å²) in [6.07, 6.45) is 8.55. The number of benzene rings is 1. The van der Waals surface area contributed by atoms with Crippen LogP contribution in [0, 0.1) is 5.82 Å². The van der Waals surface area contributed by atoms with E-state index in [0.29, 0.717) is 18.0 Å². The molecule has 3 aromatic heterocycles. The van der Waals surface area contributed by atoms with E-state index in [0.717, 1.165) is 46.6 Å².